The second-order valence-corrected chi connectivity index (χ2v) is 9.31. The SMILES string of the molecule is CCn1c2ccc(C(C)=N)cc2c2cc(C(=O)c3ccccc3C)ccc21.O=C(O)N1CCCCC1. The quantitative estimate of drug-likeness (QED) is 0.245. The number of piperidine rings is 1. The van der Waals surface area contributed by atoms with E-state index in [1.165, 1.54) is 11.3 Å². The van der Waals surface area contributed by atoms with Crippen LogP contribution < -0.4 is 0 Å². The molecule has 1 fully saturated rings. The van der Waals surface area contributed by atoms with Gasteiger partial charge in [0.15, 0.2) is 5.78 Å². The first-order valence-corrected chi connectivity index (χ1v) is 12.5. The van der Waals surface area contributed by atoms with Gasteiger partial charge in [0.1, 0.15) is 0 Å². The van der Waals surface area contributed by atoms with Gasteiger partial charge in [-0.05, 0) is 81.5 Å². The van der Waals surface area contributed by atoms with Gasteiger partial charge in [-0.2, -0.15) is 0 Å². The summed E-state index contributed by atoms with van der Waals surface area (Å²) >= 11 is 0. The molecule has 6 heteroatoms. The third kappa shape index (κ3) is 5.03. The molecule has 2 N–H and O–H groups in total. The molecule has 0 unspecified atom stereocenters. The van der Waals surface area contributed by atoms with E-state index >= 15 is 0 Å². The minimum absolute atomic E-state index is 0.0480. The van der Waals surface area contributed by atoms with E-state index in [-0.39, 0.29) is 5.78 Å². The minimum Gasteiger partial charge on any atom is -0.465 e. The molecule has 1 aliphatic heterocycles. The van der Waals surface area contributed by atoms with Crippen molar-refractivity contribution in [3.63, 3.8) is 0 Å². The van der Waals surface area contributed by atoms with Gasteiger partial charge in [-0.25, -0.2) is 4.79 Å². The topological polar surface area (TPSA) is 86.4 Å². The Hall–Kier alpha value is -3.93. The van der Waals surface area contributed by atoms with Crippen molar-refractivity contribution >= 4 is 39.4 Å². The molecule has 0 aliphatic carbocycles. The van der Waals surface area contributed by atoms with Crippen LogP contribution in [0.3, 0.4) is 0 Å². The summed E-state index contributed by atoms with van der Waals surface area (Å²) in [6.07, 6.45) is 2.48. The van der Waals surface area contributed by atoms with Crippen LogP contribution in [-0.4, -0.2) is 45.3 Å². The van der Waals surface area contributed by atoms with Gasteiger partial charge in [0.2, 0.25) is 0 Å². The maximum atomic E-state index is 13.1. The number of aromatic nitrogens is 1. The smallest absolute Gasteiger partial charge is 0.407 e. The summed E-state index contributed by atoms with van der Waals surface area (Å²) in [4.78, 5) is 24.8. The number of fused-ring (bicyclic) bond motifs is 3. The van der Waals surface area contributed by atoms with Crippen molar-refractivity contribution in [3.05, 3.63) is 82.9 Å². The van der Waals surface area contributed by atoms with Gasteiger partial charge >= 0.3 is 6.09 Å². The average Bonchev–Trinajstić information content (AvgIpc) is 3.21. The van der Waals surface area contributed by atoms with Gasteiger partial charge in [0, 0.05) is 58.3 Å². The maximum Gasteiger partial charge on any atom is 0.407 e. The largest absolute Gasteiger partial charge is 0.465 e. The minimum atomic E-state index is -0.769. The lowest BCUT2D eigenvalue weighted by molar-refractivity contribution is 0.103. The fraction of sp³-hybridized carbons (Fsp3) is 0.300. The molecule has 0 atom stereocenters. The molecule has 6 nitrogen and oxygen atoms in total. The van der Waals surface area contributed by atoms with E-state index < -0.39 is 6.09 Å². The van der Waals surface area contributed by atoms with Gasteiger partial charge in [-0.1, -0.05) is 30.3 Å². The molecule has 0 radical (unpaired) electrons. The lowest BCUT2D eigenvalue weighted by Gasteiger charge is -2.22. The number of carbonyl (C=O) groups is 2. The van der Waals surface area contributed by atoms with Crippen molar-refractivity contribution in [2.24, 2.45) is 0 Å². The van der Waals surface area contributed by atoms with Crippen LogP contribution in [0.15, 0.2) is 60.7 Å². The normalized spacial score (nSPS) is 13.4. The van der Waals surface area contributed by atoms with Gasteiger partial charge in [0.25, 0.3) is 0 Å². The number of likely N-dealkylation sites (tertiary alicyclic amines) is 1. The van der Waals surface area contributed by atoms with Crippen molar-refractivity contribution in [2.45, 2.75) is 46.6 Å². The number of carboxylic acid groups (broad SMARTS) is 1. The van der Waals surface area contributed by atoms with Gasteiger partial charge in [-0.15, -0.1) is 0 Å². The summed E-state index contributed by atoms with van der Waals surface area (Å²) in [5.74, 6) is 0.0480. The Morgan fingerprint density at radius 2 is 1.47 bits per heavy atom. The van der Waals surface area contributed by atoms with E-state index in [0.29, 0.717) is 11.3 Å². The van der Waals surface area contributed by atoms with Crippen LogP contribution in [0.5, 0.6) is 0 Å². The Morgan fingerprint density at radius 3 is 2.00 bits per heavy atom. The summed E-state index contributed by atoms with van der Waals surface area (Å²) in [6.45, 7) is 8.21. The van der Waals surface area contributed by atoms with Crippen LogP contribution in [0.4, 0.5) is 4.79 Å². The predicted octanol–water partition coefficient (Wildman–Crippen LogP) is 6.89. The summed E-state index contributed by atoms with van der Waals surface area (Å²) in [5, 5.41) is 18.6. The zero-order valence-electron chi connectivity index (χ0n) is 21.2. The van der Waals surface area contributed by atoms with Gasteiger partial charge < -0.3 is 20.0 Å². The standard InChI is InChI=1S/C24H22N2O.C6H11NO2/c1-4-26-22-11-9-17(16(3)25)13-20(22)21-14-18(10-12-23(21)26)24(27)19-8-6-5-7-15(19)2;8-6(9)7-4-2-1-3-5-7/h5-14,25H,4H2,1-3H3;1-5H2,(H,8,9). The van der Waals surface area contributed by atoms with E-state index in [1.54, 1.807) is 6.92 Å². The molecule has 1 amide bonds. The molecule has 1 aliphatic rings. The highest BCUT2D eigenvalue weighted by molar-refractivity contribution is 6.16. The van der Waals surface area contributed by atoms with E-state index in [4.69, 9.17) is 10.5 Å². The molecule has 2 heterocycles. The number of hydrogen-bond donors (Lipinski definition) is 2. The Kier molecular flexibility index (Phi) is 7.53. The van der Waals surface area contributed by atoms with Crippen molar-refractivity contribution in [2.75, 3.05) is 13.1 Å². The molecule has 1 saturated heterocycles. The second-order valence-electron chi connectivity index (χ2n) is 9.31. The van der Waals surface area contributed by atoms with E-state index in [2.05, 4.69) is 23.6 Å². The fourth-order valence-electron chi connectivity index (χ4n) is 4.89. The van der Waals surface area contributed by atoms with E-state index in [9.17, 15) is 9.59 Å². The first-order valence-electron chi connectivity index (χ1n) is 12.5. The van der Waals surface area contributed by atoms with Crippen LogP contribution in [0, 0.1) is 12.3 Å². The van der Waals surface area contributed by atoms with Crippen molar-refractivity contribution in [1.29, 1.82) is 5.41 Å². The summed E-state index contributed by atoms with van der Waals surface area (Å²) in [5.41, 5.74) is 6.14. The highest BCUT2D eigenvalue weighted by Crippen LogP contribution is 2.31. The van der Waals surface area contributed by atoms with Gasteiger partial charge in [-0.3, -0.25) is 4.79 Å². The first-order chi connectivity index (χ1) is 17.3. The Balaban J connectivity index is 0.000000286. The highest BCUT2D eigenvalue weighted by atomic mass is 16.4. The molecule has 4 aromatic rings. The Labute approximate surface area is 211 Å². The predicted molar refractivity (Wildman–Crippen MR) is 146 cm³/mol. The molecule has 0 saturated carbocycles. The number of nitrogens with one attached hydrogen (secondary N) is 1. The van der Waals surface area contributed by atoms with Gasteiger partial charge in [0.05, 0.1) is 0 Å². The molecule has 186 valence electrons. The molecular formula is C30H33N3O3. The lowest BCUT2D eigenvalue weighted by Crippen LogP contribution is -2.34. The van der Waals surface area contributed by atoms with E-state index in [0.717, 1.165) is 71.0 Å². The fourth-order valence-corrected chi connectivity index (χ4v) is 4.89. The number of amides is 1. The molecule has 0 bridgehead atoms. The Bertz CT molecular complexity index is 1440. The molecule has 3 aromatic carbocycles. The molecule has 5 rings (SSSR count). The number of benzene rings is 3. The lowest BCUT2D eigenvalue weighted by atomic mass is 9.97. The molecule has 36 heavy (non-hydrogen) atoms. The van der Waals surface area contributed by atoms with Crippen LogP contribution in [0.1, 0.15) is 60.2 Å². The number of hydrogen-bond acceptors (Lipinski definition) is 3. The summed E-state index contributed by atoms with van der Waals surface area (Å²) < 4.78 is 2.26. The second kappa shape index (κ2) is 10.8. The monoisotopic (exact) mass is 483 g/mol. The third-order valence-electron chi connectivity index (χ3n) is 6.89. The number of rotatable bonds is 4. The maximum absolute atomic E-state index is 13.1. The number of nitrogens with zero attached hydrogens (tertiary/aromatic N) is 2. The highest BCUT2D eigenvalue weighted by Gasteiger charge is 2.16. The zero-order chi connectivity index (χ0) is 25.8. The Morgan fingerprint density at radius 1 is 0.889 bits per heavy atom. The van der Waals surface area contributed by atoms with E-state index in [1.807, 2.05) is 55.5 Å². The number of aryl methyl sites for hydroxylation is 2. The van der Waals surface area contributed by atoms with Crippen LogP contribution in [-0.2, 0) is 6.54 Å². The van der Waals surface area contributed by atoms with Crippen LogP contribution >= 0.6 is 0 Å². The van der Waals surface area contributed by atoms with Crippen LogP contribution in [0.2, 0.25) is 0 Å². The summed E-state index contributed by atoms with van der Waals surface area (Å²) in [6, 6.07) is 19.8. The first kappa shape index (κ1) is 25.2. The third-order valence-corrected chi connectivity index (χ3v) is 6.89. The van der Waals surface area contributed by atoms with Crippen molar-refractivity contribution < 1.29 is 14.7 Å². The molecular weight excluding hydrogens is 450 g/mol. The molecule has 0 spiro atoms. The zero-order valence-corrected chi connectivity index (χ0v) is 21.2. The van der Waals surface area contributed by atoms with Crippen molar-refractivity contribution in [3.8, 4) is 0 Å². The molecule has 1 aromatic heterocycles. The average molecular weight is 484 g/mol. The number of carbonyl (C=O) groups excluding carboxylic acids is 1. The summed E-state index contributed by atoms with van der Waals surface area (Å²) in [7, 11) is 0. The number of ketones is 1. The van der Waals surface area contributed by atoms with Crippen molar-refractivity contribution in [1.82, 2.24) is 9.47 Å². The van der Waals surface area contributed by atoms with Crippen LogP contribution in [0.25, 0.3) is 21.8 Å².